The summed E-state index contributed by atoms with van der Waals surface area (Å²) in [5, 5.41) is 10.4. The van der Waals surface area contributed by atoms with Gasteiger partial charge in [0.15, 0.2) is 5.58 Å². The summed E-state index contributed by atoms with van der Waals surface area (Å²) in [5.41, 5.74) is 0.844. The van der Waals surface area contributed by atoms with Gasteiger partial charge >= 0.3 is 0 Å². The van der Waals surface area contributed by atoms with Crippen LogP contribution in [0, 0.1) is 0 Å². The lowest BCUT2D eigenvalue weighted by Crippen LogP contribution is -2.63. The van der Waals surface area contributed by atoms with Gasteiger partial charge in [-0.25, -0.2) is 4.98 Å². The molecule has 0 saturated carbocycles. The molecule has 20 heavy (non-hydrogen) atoms. The molecule has 0 bridgehead atoms. The summed E-state index contributed by atoms with van der Waals surface area (Å²) in [5.74, 6) is 0.294. The van der Waals surface area contributed by atoms with Crippen LogP contribution in [-0.2, 0) is 4.79 Å². The lowest BCUT2D eigenvalue weighted by atomic mass is 9.91. The lowest BCUT2D eigenvalue weighted by molar-refractivity contribution is -0.152. The third kappa shape index (κ3) is 2.53. The fourth-order valence-electron chi connectivity index (χ4n) is 2.19. The van der Waals surface area contributed by atoms with Gasteiger partial charge in [-0.1, -0.05) is 30.8 Å². The predicted molar refractivity (Wildman–Crippen MR) is 76.6 cm³/mol. The van der Waals surface area contributed by atoms with Crippen molar-refractivity contribution in [1.82, 2.24) is 9.88 Å². The number of β-amino-alcohol motifs (C(OH)–C–C–N with tert-alkyl or cyclic N) is 1. The number of thioether (sulfide) groups is 1. The normalized spacial score (nSPS) is 17.2. The first kappa shape index (κ1) is 13.5. The monoisotopic (exact) mass is 292 g/mol. The summed E-state index contributed by atoms with van der Waals surface area (Å²) in [6.07, 6.45) is 0.676. The standard InChI is InChI=1S/C14H16N2O3S/c1-2-14(18)8-16(9-14)12(17)7-20-13-15-10-5-3-4-6-11(10)19-13/h3-6,18H,2,7-9H2,1H3. The van der Waals surface area contributed by atoms with E-state index in [-0.39, 0.29) is 11.7 Å². The van der Waals surface area contributed by atoms with Crippen molar-refractivity contribution in [3.05, 3.63) is 24.3 Å². The number of fused-ring (bicyclic) bond motifs is 1. The molecule has 1 saturated heterocycles. The van der Waals surface area contributed by atoms with Gasteiger partial charge < -0.3 is 14.4 Å². The van der Waals surface area contributed by atoms with Crippen molar-refractivity contribution in [2.45, 2.75) is 24.2 Å². The van der Waals surface area contributed by atoms with Crippen molar-refractivity contribution in [2.75, 3.05) is 18.8 Å². The Morgan fingerprint density at radius 1 is 1.50 bits per heavy atom. The van der Waals surface area contributed by atoms with Crippen LogP contribution in [0.3, 0.4) is 0 Å². The maximum Gasteiger partial charge on any atom is 0.257 e. The first-order chi connectivity index (χ1) is 9.59. The van der Waals surface area contributed by atoms with Gasteiger partial charge in [0.2, 0.25) is 5.91 Å². The molecule has 1 amide bonds. The van der Waals surface area contributed by atoms with Gasteiger partial charge in [-0.15, -0.1) is 0 Å². The molecular weight excluding hydrogens is 276 g/mol. The zero-order chi connectivity index (χ0) is 14.2. The zero-order valence-corrected chi connectivity index (χ0v) is 12.0. The topological polar surface area (TPSA) is 66.6 Å². The number of hydrogen-bond acceptors (Lipinski definition) is 5. The Bertz CT molecular complexity index is 601. The van der Waals surface area contributed by atoms with Gasteiger partial charge in [-0.2, -0.15) is 0 Å². The van der Waals surface area contributed by atoms with E-state index in [0.29, 0.717) is 24.7 Å². The Morgan fingerprint density at radius 2 is 2.25 bits per heavy atom. The molecule has 1 aliphatic rings. The van der Waals surface area contributed by atoms with Crippen LogP contribution < -0.4 is 0 Å². The van der Waals surface area contributed by atoms with Crippen molar-refractivity contribution >= 4 is 28.8 Å². The smallest absolute Gasteiger partial charge is 0.257 e. The van der Waals surface area contributed by atoms with Crippen LogP contribution >= 0.6 is 11.8 Å². The van der Waals surface area contributed by atoms with Crippen LogP contribution in [0.2, 0.25) is 0 Å². The van der Waals surface area contributed by atoms with E-state index in [2.05, 4.69) is 4.98 Å². The highest BCUT2D eigenvalue weighted by Crippen LogP contribution is 2.27. The Morgan fingerprint density at radius 3 is 2.95 bits per heavy atom. The third-order valence-corrected chi connectivity index (χ3v) is 4.39. The Hall–Kier alpha value is -1.53. The largest absolute Gasteiger partial charge is 0.431 e. The maximum atomic E-state index is 11.9. The minimum absolute atomic E-state index is 0.00961. The predicted octanol–water partition coefficient (Wildman–Crippen LogP) is 1.90. The van der Waals surface area contributed by atoms with E-state index < -0.39 is 5.60 Å². The van der Waals surface area contributed by atoms with Crippen molar-refractivity contribution in [1.29, 1.82) is 0 Å². The lowest BCUT2D eigenvalue weighted by Gasteiger charge is -2.46. The quantitative estimate of drug-likeness (QED) is 0.872. The Kier molecular flexibility index (Phi) is 3.43. The second-order valence-corrected chi connectivity index (χ2v) is 5.99. The number of aliphatic hydroxyl groups is 1. The Balaban J connectivity index is 1.56. The molecule has 2 aromatic rings. The van der Waals surface area contributed by atoms with Crippen molar-refractivity contribution in [3.8, 4) is 0 Å². The van der Waals surface area contributed by atoms with E-state index in [4.69, 9.17) is 4.42 Å². The first-order valence-electron chi connectivity index (χ1n) is 6.58. The number of nitrogens with zero attached hydrogens (tertiary/aromatic N) is 2. The number of likely N-dealkylation sites (tertiary alicyclic amines) is 1. The molecule has 0 atom stereocenters. The number of carbonyl (C=O) groups is 1. The molecule has 1 aromatic carbocycles. The van der Waals surface area contributed by atoms with Crippen LogP contribution in [0.25, 0.3) is 11.1 Å². The molecule has 106 valence electrons. The van der Waals surface area contributed by atoms with E-state index in [0.717, 1.165) is 11.1 Å². The van der Waals surface area contributed by atoms with Crippen LogP contribution in [0.5, 0.6) is 0 Å². The highest BCUT2D eigenvalue weighted by atomic mass is 32.2. The highest BCUT2D eigenvalue weighted by Gasteiger charge is 2.41. The number of benzene rings is 1. The molecular formula is C14H16N2O3S. The van der Waals surface area contributed by atoms with Gasteiger partial charge in [-0.3, -0.25) is 4.79 Å². The van der Waals surface area contributed by atoms with E-state index in [9.17, 15) is 9.90 Å². The summed E-state index contributed by atoms with van der Waals surface area (Å²) >= 11 is 1.29. The number of aromatic nitrogens is 1. The van der Waals surface area contributed by atoms with E-state index in [1.54, 1.807) is 4.90 Å². The molecule has 1 fully saturated rings. The average Bonchev–Trinajstić information content (AvgIpc) is 2.84. The van der Waals surface area contributed by atoms with Crippen LogP contribution in [0.4, 0.5) is 0 Å². The minimum atomic E-state index is -0.683. The molecule has 0 aliphatic carbocycles. The van der Waals surface area contributed by atoms with E-state index >= 15 is 0 Å². The number of oxazole rings is 1. The number of rotatable bonds is 4. The molecule has 0 radical (unpaired) electrons. The molecule has 0 unspecified atom stereocenters. The summed E-state index contributed by atoms with van der Waals surface area (Å²) in [6, 6.07) is 7.52. The molecule has 1 aliphatic heterocycles. The highest BCUT2D eigenvalue weighted by molar-refractivity contribution is 7.99. The van der Waals surface area contributed by atoms with E-state index in [1.807, 2.05) is 31.2 Å². The summed E-state index contributed by atoms with van der Waals surface area (Å²) in [6.45, 7) is 2.78. The molecule has 5 nitrogen and oxygen atoms in total. The Labute approximate surface area is 121 Å². The van der Waals surface area contributed by atoms with Crippen LogP contribution in [0.15, 0.2) is 33.9 Å². The minimum Gasteiger partial charge on any atom is -0.431 e. The molecule has 1 N–H and O–H groups in total. The van der Waals surface area contributed by atoms with Crippen LogP contribution in [0.1, 0.15) is 13.3 Å². The van der Waals surface area contributed by atoms with Gasteiger partial charge in [0.05, 0.1) is 24.4 Å². The summed E-state index contributed by atoms with van der Waals surface area (Å²) in [7, 11) is 0. The maximum absolute atomic E-state index is 11.9. The molecule has 2 heterocycles. The molecule has 1 aromatic heterocycles. The van der Waals surface area contributed by atoms with Crippen molar-refractivity contribution in [3.63, 3.8) is 0 Å². The van der Waals surface area contributed by atoms with Gasteiger partial charge in [0.1, 0.15) is 5.52 Å². The fourth-order valence-corrected chi connectivity index (χ4v) is 2.93. The van der Waals surface area contributed by atoms with Crippen molar-refractivity contribution in [2.24, 2.45) is 0 Å². The average molecular weight is 292 g/mol. The second kappa shape index (κ2) is 5.10. The molecule has 3 rings (SSSR count). The first-order valence-corrected chi connectivity index (χ1v) is 7.57. The number of amides is 1. The second-order valence-electron chi connectivity index (χ2n) is 5.06. The molecule has 0 spiro atoms. The van der Waals surface area contributed by atoms with Gasteiger partial charge in [-0.05, 0) is 18.6 Å². The van der Waals surface area contributed by atoms with Crippen LogP contribution in [-0.4, -0.2) is 45.3 Å². The van der Waals surface area contributed by atoms with Gasteiger partial charge in [0, 0.05) is 0 Å². The number of para-hydroxylation sites is 2. The summed E-state index contributed by atoms with van der Waals surface area (Å²) in [4.78, 5) is 17.9. The summed E-state index contributed by atoms with van der Waals surface area (Å²) < 4.78 is 5.54. The van der Waals surface area contributed by atoms with Crippen molar-refractivity contribution < 1.29 is 14.3 Å². The van der Waals surface area contributed by atoms with E-state index in [1.165, 1.54) is 11.8 Å². The third-order valence-electron chi connectivity index (χ3n) is 3.57. The fraction of sp³-hybridized carbons (Fsp3) is 0.429. The SMILES string of the molecule is CCC1(O)CN(C(=O)CSc2nc3ccccc3o2)C1. The van der Waals surface area contributed by atoms with Gasteiger partial charge in [0.25, 0.3) is 5.22 Å². The molecule has 6 heteroatoms. The number of carbonyl (C=O) groups excluding carboxylic acids is 1. The number of hydrogen-bond donors (Lipinski definition) is 1. The zero-order valence-electron chi connectivity index (χ0n) is 11.2.